The molecule has 0 aliphatic carbocycles. The van der Waals surface area contributed by atoms with Crippen molar-refractivity contribution in [1.82, 2.24) is 5.32 Å². The van der Waals surface area contributed by atoms with Crippen molar-refractivity contribution >= 4 is 11.3 Å². The van der Waals surface area contributed by atoms with Gasteiger partial charge in [-0.3, -0.25) is 0 Å². The summed E-state index contributed by atoms with van der Waals surface area (Å²) in [5, 5.41) is 32.1. The highest BCUT2D eigenvalue weighted by Crippen LogP contribution is 2.09. The molecule has 0 bridgehead atoms. The molecule has 1 rings (SSSR count). The van der Waals surface area contributed by atoms with Crippen LogP contribution >= 0.6 is 11.3 Å². The van der Waals surface area contributed by atoms with Crippen LogP contribution in [0.5, 0.6) is 0 Å². The Morgan fingerprint density at radius 3 is 2.33 bits per heavy atom. The van der Waals surface area contributed by atoms with E-state index < -0.39 is 5.54 Å². The fraction of sp³-hybridized carbons (Fsp3) is 0.600. The lowest BCUT2D eigenvalue weighted by molar-refractivity contribution is 0.0431. The molecule has 0 saturated heterocycles. The summed E-state index contributed by atoms with van der Waals surface area (Å²) in [6.45, 7) is -0.193. The third-order valence-corrected chi connectivity index (χ3v) is 3.30. The molecule has 0 radical (unpaired) electrons. The third-order valence-electron chi connectivity index (χ3n) is 2.36. The van der Waals surface area contributed by atoms with Crippen molar-refractivity contribution in [3.8, 4) is 0 Å². The molecule has 5 heteroatoms. The van der Waals surface area contributed by atoms with Gasteiger partial charge in [0.05, 0.1) is 25.4 Å². The number of aliphatic hydroxyl groups excluding tert-OH is 3. The highest BCUT2D eigenvalue weighted by atomic mass is 32.1. The van der Waals surface area contributed by atoms with Crippen LogP contribution in [0.3, 0.4) is 0 Å². The first-order chi connectivity index (χ1) is 7.26. The van der Waals surface area contributed by atoms with Crippen LogP contribution in [0.15, 0.2) is 17.5 Å². The highest BCUT2D eigenvalue weighted by Gasteiger charge is 2.26. The van der Waals surface area contributed by atoms with Crippen molar-refractivity contribution in [3.63, 3.8) is 0 Å². The summed E-state index contributed by atoms with van der Waals surface area (Å²) >= 11 is 1.67. The number of hydrogen-bond acceptors (Lipinski definition) is 5. The largest absolute Gasteiger partial charge is 0.394 e. The molecule has 0 fully saturated rings. The van der Waals surface area contributed by atoms with Gasteiger partial charge in [-0.25, -0.2) is 0 Å². The number of aliphatic hydroxyl groups is 3. The van der Waals surface area contributed by atoms with E-state index in [2.05, 4.69) is 5.32 Å². The third kappa shape index (κ3) is 3.55. The molecular weight excluding hydrogens is 214 g/mol. The van der Waals surface area contributed by atoms with Gasteiger partial charge >= 0.3 is 0 Å². The van der Waals surface area contributed by atoms with Gasteiger partial charge in [-0.15, -0.1) is 11.3 Å². The molecule has 15 heavy (non-hydrogen) atoms. The Labute approximate surface area is 93.2 Å². The van der Waals surface area contributed by atoms with Crippen LogP contribution in [0.2, 0.25) is 0 Å². The molecule has 0 aliphatic heterocycles. The maximum atomic E-state index is 9.05. The first-order valence-corrected chi connectivity index (χ1v) is 5.74. The van der Waals surface area contributed by atoms with Crippen LogP contribution in [-0.2, 0) is 6.42 Å². The van der Waals surface area contributed by atoms with Crippen molar-refractivity contribution in [2.24, 2.45) is 0 Å². The molecule has 1 heterocycles. The smallest absolute Gasteiger partial charge is 0.0881 e. The molecule has 1 aromatic rings. The Kier molecular flexibility index (Phi) is 5.21. The van der Waals surface area contributed by atoms with Gasteiger partial charge in [-0.2, -0.15) is 0 Å². The molecule has 0 atom stereocenters. The topological polar surface area (TPSA) is 72.7 Å². The van der Waals surface area contributed by atoms with Crippen LogP contribution in [0.25, 0.3) is 0 Å². The quantitative estimate of drug-likeness (QED) is 0.515. The van der Waals surface area contributed by atoms with Gasteiger partial charge in [-0.1, -0.05) is 6.07 Å². The molecule has 4 N–H and O–H groups in total. The predicted octanol–water partition coefficient (Wildman–Crippen LogP) is -0.404. The Morgan fingerprint density at radius 1 is 1.20 bits per heavy atom. The van der Waals surface area contributed by atoms with Gasteiger partial charge in [-0.05, 0) is 17.9 Å². The van der Waals surface area contributed by atoms with E-state index >= 15 is 0 Å². The van der Waals surface area contributed by atoms with Gasteiger partial charge in [0, 0.05) is 11.4 Å². The fourth-order valence-corrected chi connectivity index (χ4v) is 1.93. The summed E-state index contributed by atoms with van der Waals surface area (Å²) in [7, 11) is 0. The Hall–Kier alpha value is -0.460. The molecule has 0 saturated carbocycles. The lowest BCUT2D eigenvalue weighted by atomic mass is 10.0. The fourth-order valence-electron chi connectivity index (χ4n) is 1.22. The minimum Gasteiger partial charge on any atom is -0.394 e. The van der Waals surface area contributed by atoms with E-state index in [0.29, 0.717) is 6.54 Å². The molecule has 0 spiro atoms. The van der Waals surface area contributed by atoms with E-state index in [1.807, 2.05) is 17.5 Å². The first kappa shape index (κ1) is 12.6. The SMILES string of the molecule is OCC(CO)(CO)NCCc1cccs1. The van der Waals surface area contributed by atoms with Crippen LogP contribution in [0.4, 0.5) is 0 Å². The average molecular weight is 231 g/mol. The first-order valence-electron chi connectivity index (χ1n) is 4.86. The van der Waals surface area contributed by atoms with Crippen LogP contribution in [0.1, 0.15) is 4.88 Å². The van der Waals surface area contributed by atoms with E-state index in [1.165, 1.54) is 4.88 Å². The van der Waals surface area contributed by atoms with E-state index in [4.69, 9.17) is 15.3 Å². The Balaban J connectivity index is 2.34. The Bertz CT molecular complexity index is 251. The summed E-state index contributed by atoms with van der Waals surface area (Å²) in [5.41, 5.74) is -0.961. The van der Waals surface area contributed by atoms with E-state index in [9.17, 15) is 0 Å². The standard InChI is InChI=1S/C10H17NO3S/c12-6-10(7-13,8-14)11-4-3-9-2-1-5-15-9/h1-2,5,11-14H,3-4,6-8H2. The van der Waals surface area contributed by atoms with E-state index in [-0.39, 0.29) is 19.8 Å². The molecule has 0 amide bonds. The normalized spacial score (nSPS) is 11.9. The maximum Gasteiger partial charge on any atom is 0.0881 e. The second-order valence-electron chi connectivity index (χ2n) is 3.51. The van der Waals surface area contributed by atoms with Gasteiger partial charge < -0.3 is 20.6 Å². The van der Waals surface area contributed by atoms with Crippen molar-refractivity contribution < 1.29 is 15.3 Å². The molecular formula is C10H17NO3S. The monoisotopic (exact) mass is 231 g/mol. The highest BCUT2D eigenvalue weighted by molar-refractivity contribution is 7.09. The number of rotatable bonds is 7. The van der Waals surface area contributed by atoms with Gasteiger partial charge in [0.15, 0.2) is 0 Å². The lowest BCUT2D eigenvalue weighted by Gasteiger charge is -2.28. The van der Waals surface area contributed by atoms with Gasteiger partial charge in [0.25, 0.3) is 0 Å². The molecule has 0 unspecified atom stereocenters. The zero-order chi connectivity index (χ0) is 11.1. The van der Waals surface area contributed by atoms with Crippen LogP contribution < -0.4 is 5.32 Å². The van der Waals surface area contributed by atoms with E-state index in [0.717, 1.165) is 6.42 Å². The summed E-state index contributed by atoms with van der Waals surface area (Å²) in [5.74, 6) is 0. The number of nitrogens with one attached hydrogen (secondary N) is 1. The number of thiophene rings is 1. The molecule has 4 nitrogen and oxygen atoms in total. The van der Waals surface area contributed by atoms with Crippen molar-refractivity contribution in [2.75, 3.05) is 26.4 Å². The summed E-state index contributed by atoms with van der Waals surface area (Å²) in [6.07, 6.45) is 0.833. The molecule has 0 aliphatic rings. The molecule has 0 aromatic carbocycles. The minimum atomic E-state index is -0.961. The summed E-state index contributed by atoms with van der Waals surface area (Å²) < 4.78 is 0. The zero-order valence-corrected chi connectivity index (χ0v) is 9.33. The lowest BCUT2D eigenvalue weighted by Crippen LogP contribution is -2.55. The van der Waals surface area contributed by atoms with Gasteiger partial charge in [0.2, 0.25) is 0 Å². The minimum absolute atomic E-state index is 0.273. The summed E-state index contributed by atoms with van der Waals surface area (Å²) in [4.78, 5) is 1.24. The maximum absolute atomic E-state index is 9.05. The zero-order valence-electron chi connectivity index (χ0n) is 8.52. The molecule has 1 aromatic heterocycles. The molecule has 86 valence electrons. The number of hydrogen-bond donors (Lipinski definition) is 4. The average Bonchev–Trinajstić information content (AvgIpc) is 2.78. The van der Waals surface area contributed by atoms with Crippen molar-refractivity contribution in [1.29, 1.82) is 0 Å². The van der Waals surface area contributed by atoms with Crippen molar-refractivity contribution in [3.05, 3.63) is 22.4 Å². The van der Waals surface area contributed by atoms with Crippen molar-refractivity contribution in [2.45, 2.75) is 12.0 Å². The Morgan fingerprint density at radius 2 is 1.87 bits per heavy atom. The van der Waals surface area contributed by atoms with Gasteiger partial charge in [0.1, 0.15) is 0 Å². The predicted molar refractivity (Wildman–Crippen MR) is 60.0 cm³/mol. The van der Waals surface area contributed by atoms with Crippen LogP contribution in [-0.4, -0.2) is 47.2 Å². The second kappa shape index (κ2) is 6.19. The second-order valence-corrected chi connectivity index (χ2v) is 4.54. The van der Waals surface area contributed by atoms with E-state index in [1.54, 1.807) is 11.3 Å². The van der Waals surface area contributed by atoms with Crippen LogP contribution in [0, 0.1) is 0 Å². The summed E-state index contributed by atoms with van der Waals surface area (Å²) in [6, 6.07) is 4.02.